The van der Waals surface area contributed by atoms with Crippen molar-refractivity contribution < 1.29 is 24.4 Å². The topological polar surface area (TPSA) is 101 Å². The second-order valence-electron chi connectivity index (χ2n) is 8.10. The molecule has 2 aliphatic rings. The zero-order valence-electron chi connectivity index (χ0n) is 16.1. The van der Waals surface area contributed by atoms with Gasteiger partial charge in [-0.05, 0) is 43.4 Å². The third-order valence-corrected chi connectivity index (χ3v) is 6.27. The van der Waals surface area contributed by atoms with Crippen molar-refractivity contribution in [3.8, 4) is 0 Å². The maximum atomic E-state index is 14.5. The number of aliphatic hydroxyl groups excluding tert-OH is 2. The molecule has 1 saturated heterocycles. The number of aliphatic hydroxyl groups is 3. The first-order valence-corrected chi connectivity index (χ1v) is 9.63. The lowest BCUT2D eigenvalue weighted by Crippen LogP contribution is -2.45. The fraction of sp³-hybridized carbons (Fsp3) is 0.429. The summed E-state index contributed by atoms with van der Waals surface area (Å²) in [5, 5.41) is 32.8. The van der Waals surface area contributed by atoms with Crippen LogP contribution in [-0.2, 0) is 23.2 Å². The largest absolute Gasteiger partial charge is 0.387 e. The molecule has 152 valence electrons. The molecule has 0 amide bonds. The molecule has 3 aromatic rings. The van der Waals surface area contributed by atoms with Gasteiger partial charge in [-0.15, -0.1) is 0 Å². The fourth-order valence-electron chi connectivity index (χ4n) is 4.41. The molecule has 1 aliphatic heterocycles. The predicted octanol–water partition coefficient (Wildman–Crippen LogP) is 1.50. The Kier molecular flexibility index (Phi) is 4.05. The highest BCUT2D eigenvalue weighted by Crippen LogP contribution is 2.41. The minimum Gasteiger partial charge on any atom is -0.387 e. The van der Waals surface area contributed by atoms with Gasteiger partial charge in [0.2, 0.25) is 0 Å². The number of aromatic nitrogens is 3. The highest BCUT2D eigenvalue weighted by molar-refractivity contribution is 5.79. The second-order valence-corrected chi connectivity index (χ2v) is 8.10. The van der Waals surface area contributed by atoms with Gasteiger partial charge in [-0.25, -0.2) is 14.4 Å². The summed E-state index contributed by atoms with van der Waals surface area (Å²) in [6, 6.07) is 5.69. The van der Waals surface area contributed by atoms with Crippen molar-refractivity contribution in [2.24, 2.45) is 0 Å². The SMILES string of the molecule is Cc1ncnc2c1c(F)cn2[C@@H]1O[C@H]([C@](C)(O)c2ccc3c(c2)CC3)[C@@H](O)[C@H]1O. The quantitative estimate of drug-likeness (QED) is 0.617. The molecule has 0 saturated carbocycles. The molecule has 3 N–H and O–H groups in total. The third-order valence-electron chi connectivity index (χ3n) is 6.27. The number of hydrogen-bond acceptors (Lipinski definition) is 6. The van der Waals surface area contributed by atoms with E-state index in [2.05, 4.69) is 9.97 Å². The first-order valence-electron chi connectivity index (χ1n) is 9.63. The van der Waals surface area contributed by atoms with Gasteiger partial charge in [0, 0.05) is 6.20 Å². The van der Waals surface area contributed by atoms with E-state index >= 15 is 0 Å². The number of ether oxygens (including phenoxy) is 1. The molecule has 3 heterocycles. The molecule has 0 bridgehead atoms. The van der Waals surface area contributed by atoms with Crippen LogP contribution in [0.15, 0.2) is 30.7 Å². The number of nitrogens with zero attached hydrogens (tertiary/aromatic N) is 3. The average Bonchev–Trinajstić information content (AvgIpc) is 3.14. The molecule has 5 atom stereocenters. The van der Waals surface area contributed by atoms with Crippen LogP contribution in [0.3, 0.4) is 0 Å². The standard InChI is InChI=1S/C21H22FN3O4/c1-10-15-14(22)8-25(19(15)24-9-23-10)20-17(27)16(26)18(29-20)21(2,28)13-6-5-11-3-4-12(11)7-13/h5-9,16-18,20,26-28H,3-4H2,1-2H3/t16-,17+,18-,20+,21+/m0/s1. The van der Waals surface area contributed by atoms with Gasteiger partial charge < -0.3 is 24.6 Å². The van der Waals surface area contributed by atoms with Gasteiger partial charge in [0.25, 0.3) is 0 Å². The van der Waals surface area contributed by atoms with E-state index in [1.54, 1.807) is 13.8 Å². The number of halogens is 1. The lowest BCUT2D eigenvalue weighted by atomic mass is 9.81. The first-order chi connectivity index (χ1) is 13.8. The van der Waals surface area contributed by atoms with Crippen molar-refractivity contribution >= 4 is 11.0 Å². The zero-order chi connectivity index (χ0) is 20.5. The molecule has 1 aromatic carbocycles. The molecule has 5 rings (SSSR count). The van der Waals surface area contributed by atoms with Gasteiger partial charge >= 0.3 is 0 Å². The summed E-state index contributed by atoms with van der Waals surface area (Å²) in [6.45, 7) is 3.22. The molecule has 29 heavy (non-hydrogen) atoms. The fourth-order valence-corrected chi connectivity index (χ4v) is 4.41. The van der Waals surface area contributed by atoms with Crippen LogP contribution < -0.4 is 0 Å². The lowest BCUT2D eigenvalue weighted by molar-refractivity contribution is -0.136. The Bertz CT molecular complexity index is 1110. The van der Waals surface area contributed by atoms with Gasteiger partial charge in [-0.2, -0.15) is 0 Å². The molecular weight excluding hydrogens is 377 g/mol. The number of benzene rings is 1. The molecule has 1 aliphatic carbocycles. The van der Waals surface area contributed by atoms with Gasteiger partial charge in [-0.1, -0.05) is 18.2 Å². The highest BCUT2D eigenvalue weighted by atomic mass is 19.1. The summed E-state index contributed by atoms with van der Waals surface area (Å²) in [5.74, 6) is -0.541. The Morgan fingerprint density at radius 1 is 1.17 bits per heavy atom. The predicted molar refractivity (Wildman–Crippen MR) is 102 cm³/mol. The maximum Gasteiger partial charge on any atom is 0.164 e. The number of aryl methyl sites for hydroxylation is 3. The smallest absolute Gasteiger partial charge is 0.164 e. The van der Waals surface area contributed by atoms with Crippen LogP contribution in [-0.4, -0.2) is 48.2 Å². The summed E-state index contributed by atoms with van der Waals surface area (Å²) in [5.41, 5.74) is 2.19. The molecule has 0 unspecified atom stereocenters. The van der Waals surface area contributed by atoms with Crippen LogP contribution in [0.25, 0.3) is 11.0 Å². The van der Waals surface area contributed by atoms with E-state index in [1.807, 2.05) is 18.2 Å². The van der Waals surface area contributed by atoms with Gasteiger partial charge in [0.15, 0.2) is 12.0 Å². The van der Waals surface area contributed by atoms with Crippen LogP contribution in [0.4, 0.5) is 4.39 Å². The van der Waals surface area contributed by atoms with Crippen LogP contribution in [0, 0.1) is 12.7 Å². The summed E-state index contributed by atoms with van der Waals surface area (Å²) in [7, 11) is 0. The van der Waals surface area contributed by atoms with Crippen LogP contribution >= 0.6 is 0 Å². The van der Waals surface area contributed by atoms with Crippen LogP contribution in [0.2, 0.25) is 0 Å². The number of fused-ring (bicyclic) bond motifs is 2. The van der Waals surface area contributed by atoms with E-state index in [-0.39, 0.29) is 11.0 Å². The minimum absolute atomic E-state index is 0.232. The first kappa shape index (κ1) is 18.6. The third kappa shape index (κ3) is 2.63. The van der Waals surface area contributed by atoms with Crippen molar-refractivity contribution in [3.63, 3.8) is 0 Å². The van der Waals surface area contributed by atoms with E-state index in [4.69, 9.17) is 4.74 Å². The number of rotatable bonds is 3. The molecular formula is C21H22FN3O4. The van der Waals surface area contributed by atoms with Gasteiger partial charge in [0.1, 0.15) is 35.9 Å². The Morgan fingerprint density at radius 2 is 1.93 bits per heavy atom. The summed E-state index contributed by atoms with van der Waals surface area (Å²) in [6.07, 6.45) is -0.497. The van der Waals surface area contributed by atoms with Gasteiger partial charge in [0.05, 0.1) is 11.1 Å². The van der Waals surface area contributed by atoms with E-state index in [0.717, 1.165) is 18.4 Å². The van der Waals surface area contributed by atoms with Crippen LogP contribution in [0.1, 0.15) is 35.5 Å². The number of hydrogen-bond donors (Lipinski definition) is 3. The van der Waals surface area contributed by atoms with Crippen molar-refractivity contribution in [2.45, 2.75) is 56.8 Å². The molecule has 2 aromatic heterocycles. The highest BCUT2D eigenvalue weighted by Gasteiger charge is 2.52. The normalized spacial score (nSPS) is 28.2. The monoisotopic (exact) mass is 399 g/mol. The van der Waals surface area contributed by atoms with Crippen molar-refractivity contribution in [1.82, 2.24) is 14.5 Å². The Balaban J connectivity index is 1.52. The Labute approximate surface area is 166 Å². The maximum absolute atomic E-state index is 14.5. The van der Waals surface area contributed by atoms with E-state index in [9.17, 15) is 19.7 Å². The van der Waals surface area contributed by atoms with Crippen LogP contribution in [0.5, 0.6) is 0 Å². The van der Waals surface area contributed by atoms with Crippen molar-refractivity contribution in [1.29, 1.82) is 0 Å². The van der Waals surface area contributed by atoms with Crippen molar-refractivity contribution in [2.75, 3.05) is 0 Å². The average molecular weight is 399 g/mol. The molecule has 0 radical (unpaired) electrons. The van der Waals surface area contributed by atoms with E-state index in [0.29, 0.717) is 11.3 Å². The second kappa shape index (κ2) is 6.30. The van der Waals surface area contributed by atoms with E-state index in [1.165, 1.54) is 22.7 Å². The van der Waals surface area contributed by atoms with E-state index < -0.39 is 36.0 Å². The molecule has 1 fully saturated rings. The molecule has 7 nitrogen and oxygen atoms in total. The summed E-state index contributed by atoms with van der Waals surface area (Å²) >= 11 is 0. The molecule has 0 spiro atoms. The summed E-state index contributed by atoms with van der Waals surface area (Å²) in [4.78, 5) is 8.12. The Hall–Kier alpha value is -2.39. The lowest BCUT2D eigenvalue weighted by Gasteiger charge is -2.33. The minimum atomic E-state index is -1.55. The Morgan fingerprint density at radius 3 is 2.62 bits per heavy atom. The summed E-state index contributed by atoms with van der Waals surface area (Å²) < 4.78 is 21.8. The van der Waals surface area contributed by atoms with Gasteiger partial charge in [-0.3, -0.25) is 0 Å². The zero-order valence-corrected chi connectivity index (χ0v) is 16.1. The van der Waals surface area contributed by atoms with Crippen molar-refractivity contribution in [3.05, 3.63) is 58.9 Å². The molecule has 8 heteroatoms.